The fraction of sp³-hybridized carbons (Fsp3) is 0.261. The Hall–Kier alpha value is -3.33. The highest BCUT2D eigenvalue weighted by Gasteiger charge is 2.34. The lowest BCUT2D eigenvalue weighted by Gasteiger charge is -2.35. The van der Waals surface area contributed by atoms with Gasteiger partial charge in [0.1, 0.15) is 18.1 Å². The summed E-state index contributed by atoms with van der Waals surface area (Å²) >= 11 is 5.91. The van der Waals surface area contributed by atoms with E-state index in [1.807, 2.05) is 12.1 Å². The number of alkyl halides is 3. The fourth-order valence-corrected chi connectivity index (χ4v) is 3.58. The van der Waals surface area contributed by atoms with Crippen molar-refractivity contribution in [2.24, 2.45) is 0 Å². The monoisotopic (exact) mass is 476 g/mol. The van der Waals surface area contributed by atoms with E-state index in [-0.39, 0.29) is 18.5 Å². The summed E-state index contributed by atoms with van der Waals surface area (Å²) in [4.78, 5) is 24.0. The van der Waals surface area contributed by atoms with Crippen molar-refractivity contribution in [3.05, 3.63) is 82.6 Å². The molecule has 1 aromatic heterocycles. The summed E-state index contributed by atoms with van der Waals surface area (Å²) in [7, 11) is 0. The largest absolute Gasteiger partial charge is 0.488 e. The zero-order valence-electron chi connectivity index (χ0n) is 17.4. The van der Waals surface area contributed by atoms with Crippen LogP contribution in [0.4, 0.5) is 19.1 Å². The summed E-state index contributed by atoms with van der Waals surface area (Å²) in [6.45, 7) is 1.57. The van der Waals surface area contributed by atoms with Crippen LogP contribution in [0.2, 0.25) is 5.02 Å². The molecule has 1 saturated heterocycles. The molecule has 10 heteroatoms. The molecule has 0 N–H and O–H groups in total. The van der Waals surface area contributed by atoms with Crippen molar-refractivity contribution < 1.29 is 22.7 Å². The molecule has 1 fully saturated rings. The molecular formula is C23H20ClF3N4O2. The van der Waals surface area contributed by atoms with E-state index in [1.54, 1.807) is 46.2 Å². The van der Waals surface area contributed by atoms with Crippen LogP contribution in [0.15, 0.2) is 60.8 Å². The van der Waals surface area contributed by atoms with Crippen LogP contribution in [-0.2, 0) is 12.8 Å². The van der Waals surface area contributed by atoms with Crippen molar-refractivity contribution in [3.63, 3.8) is 0 Å². The second-order valence-corrected chi connectivity index (χ2v) is 7.87. The van der Waals surface area contributed by atoms with Crippen LogP contribution in [0.3, 0.4) is 0 Å². The van der Waals surface area contributed by atoms with Crippen molar-refractivity contribution >= 4 is 23.5 Å². The second-order valence-electron chi connectivity index (χ2n) is 7.43. The number of hydrogen-bond donors (Lipinski definition) is 0. The Morgan fingerprint density at radius 3 is 2.39 bits per heavy atom. The topological polar surface area (TPSA) is 58.6 Å². The van der Waals surface area contributed by atoms with Gasteiger partial charge < -0.3 is 14.5 Å². The number of carbonyl (C=O) groups excluding carboxylic acids is 1. The standard InChI is InChI=1S/C23H20ClF3N4O2/c24-17-7-5-16(6-8-17)15-33-19-4-2-1-3-18(19)21(32)30-11-13-31(14-12-30)22-28-10-9-20(29-22)23(25,26)27/h1-10H,11-15H2. The average Bonchev–Trinajstić information content (AvgIpc) is 2.83. The van der Waals surface area contributed by atoms with E-state index < -0.39 is 11.9 Å². The van der Waals surface area contributed by atoms with Crippen LogP contribution in [-0.4, -0.2) is 47.0 Å². The smallest absolute Gasteiger partial charge is 0.433 e. The van der Waals surface area contributed by atoms with Crippen LogP contribution in [0.25, 0.3) is 0 Å². The summed E-state index contributed by atoms with van der Waals surface area (Å²) in [6, 6.07) is 15.0. The number of nitrogens with zero attached hydrogens (tertiary/aromatic N) is 4. The number of piperazine rings is 1. The maximum atomic E-state index is 13.1. The van der Waals surface area contributed by atoms with Gasteiger partial charge in [0.15, 0.2) is 0 Å². The molecule has 0 spiro atoms. The minimum atomic E-state index is -4.54. The molecule has 0 aliphatic carbocycles. The number of para-hydroxylation sites is 1. The van der Waals surface area contributed by atoms with E-state index in [4.69, 9.17) is 16.3 Å². The highest BCUT2D eigenvalue weighted by molar-refractivity contribution is 6.30. The van der Waals surface area contributed by atoms with Crippen LogP contribution in [0.5, 0.6) is 5.75 Å². The van der Waals surface area contributed by atoms with Crippen molar-refractivity contribution in [3.8, 4) is 5.75 Å². The van der Waals surface area contributed by atoms with E-state index in [0.717, 1.165) is 17.8 Å². The van der Waals surface area contributed by atoms with Crippen molar-refractivity contribution in [1.82, 2.24) is 14.9 Å². The maximum absolute atomic E-state index is 13.1. The van der Waals surface area contributed by atoms with Gasteiger partial charge in [0.2, 0.25) is 5.95 Å². The number of anilines is 1. The molecular weight excluding hydrogens is 457 g/mol. The van der Waals surface area contributed by atoms with Gasteiger partial charge in [-0.3, -0.25) is 4.79 Å². The predicted octanol–water partition coefficient (Wildman–Crippen LogP) is 4.69. The first-order valence-electron chi connectivity index (χ1n) is 10.2. The molecule has 1 aliphatic rings. The third-order valence-corrected chi connectivity index (χ3v) is 5.46. The molecule has 2 aromatic carbocycles. The number of ether oxygens (including phenoxy) is 1. The Morgan fingerprint density at radius 2 is 1.70 bits per heavy atom. The normalized spacial score (nSPS) is 14.3. The number of hydrogen-bond acceptors (Lipinski definition) is 5. The Morgan fingerprint density at radius 1 is 1.00 bits per heavy atom. The SMILES string of the molecule is O=C(c1ccccc1OCc1ccc(Cl)cc1)N1CCN(c2nccc(C(F)(F)F)n2)CC1. The highest BCUT2D eigenvalue weighted by atomic mass is 35.5. The van der Waals surface area contributed by atoms with Crippen LogP contribution >= 0.6 is 11.6 Å². The van der Waals surface area contributed by atoms with Gasteiger partial charge in [-0.25, -0.2) is 9.97 Å². The number of benzene rings is 2. The second kappa shape index (κ2) is 9.66. The third-order valence-electron chi connectivity index (χ3n) is 5.21. The Bertz CT molecular complexity index is 1120. The number of amides is 1. The summed E-state index contributed by atoms with van der Waals surface area (Å²) < 4.78 is 44.7. The van der Waals surface area contributed by atoms with Gasteiger partial charge in [-0.05, 0) is 35.9 Å². The van der Waals surface area contributed by atoms with Crippen LogP contribution in [0.1, 0.15) is 21.6 Å². The van der Waals surface area contributed by atoms with Crippen LogP contribution in [0, 0.1) is 0 Å². The molecule has 33 heavy (non-hydrogen) atoms. The third kappa shape index (κ3) is 5.54. The molecule has 2 heterocycles. The molecule has 172 valence electrons. The first-order chi connectivity index (χ1) is 15.8. The van der Waals surface area contributed by atoms with E-state index >= 15 is 0 Å². The zero-order valence-corrected chi connectivity index (χ0v) is 18.2. The van der Waals surface area contributed by atoms with Gasteiger partial charge in [-0.2, -0.15) is 13.2 Å². The summed E-state index contributed by atoms with van der Waals surface area (Å²) in [5.41, 5.74) is 0.351. The lowest BCUT2D eigenvalue weighted by atomic mass is 10.1. The molecule has 0 saturated carbocycles. The number of carbonyl (C=O) groups is 1. The Kier molecular flexibility index (Phi) is 6.69. The number of aromatic nitrogens is 2. The minimum Gasteiger partial charge on any atom is -0.488 e. The number of rotatable bonds is 5. The molecule has 0 unspecified atom stereocenters. The molecule has 0 atom stereocenters. The molecule has 1 amide bonds. The first kappa shape index (κ1) is 22.8. The van der Waals surface area contributed by atoms with Gasteiger partial charge in [0.25, 0.3) is 5.91 Å². The van der Waals surface area contributed by atoms with Crippen molar-refractivity contribution in [1.29, 1.82) is 0 Å². The lowest BCUT2D eigenvalue weighted by Crippen LogP contribution is -2.49. The molecule has 1 aliphatic heterocycles. The average molecular weight is 477 g/mol. The van der Waals surface area contributed by atoms with E-state index in [2.05, 4.69) is 9.97 Å². The van der Waals surface area contributed by atoms with Gasteiger partial charge in [-0.1, -0.05) is 35.9 Å². The van der Waals surface area contributed by atoms with Crippen molar-refractivity contribution in [2.45, 2.75) is 12.8 Å². The molecule has 3 aromatic rings. The lowest BCUT2D eigenvalue weighted by molar-refractivity contribution is -0.141. The van der Waals surface area contributed by atoms with E-state index in [1.165, 1.54) is 0 Å². The van der Waals surface area contributed by atoms with Gasteiger partial charge in [-0.15, -0.1) is 0 Å². The summed E-state index contributed by atoms with van der Waals surface area (Å²) in [5, 5.41) is 0.629. The molecule has 4 rings (SSSR count). The quantitative estimate of drug-likeness (QED) is 0.534. The minimum absolute atomic E-state index is 0.00335. The Labute approximate surface area is 193 Å². The van der Waals surface area contributed by atoms with Crippen molar-refractivity contribution in [2.75, 3.05) is 31.1 Å². The van der Waals surface area contributed by atoms with Gasteiger partial charge >= 0.3 is 6.18 Å². The number of halogens is 4. The molecule has 6 nitrogen and oxygen atoms in total. The zero-order chi connectivity index (χ0) is 23.4. The highest BCUT2D eigenvalue weighted by Crippen LogP contribution is 2.28. The Balaban J connectivity index is 1.40. The predicted molar refractivity (Wildman–Crippen MR) is 117 cm³/mol. The van der Waals surface area contributed by atoms with Crippen LogP contribution < -0.4 is 9.64 Å². The van der Waals surface area contributed by atoms with E-state index in [0.29, 0.717) is 42.5 Å². The fourth-order valence-electron chi connectivity index (χ4n) is 3.45. The summed E-state index contributed by atoms with van der Waals surface area (Å²) in [6.07, 6.45) is -3.44. The van der Waals surface area contributed by atoms with E-state index in [9.17, 15) is 18.0 Å². The molecule has 0 bridgehead atoms. The first-order valence-corrected chi connectivity index (χ1v) is 10.6. The van der Waals surface area contributed by atoms with Gasteiger partial charge in [0.05, 0.1) is 5.56 Å². The van der Waals surface area contributed by atoms with Gasteiger partial charge in [0, 0.05) is 37.4 Å². The summed E-state index contributed by atoms with van der Waals surface area (Å²) in [5.74, 6) is 0.260. The molecule has 0 radical (unpaired) electrons. The maximum Gasteiger partial charge on any atom is 0.433 e.